The predicted molar refractivity (Wildman–Crippen MR) is 72.0 cm³/mol. The third-order valence-electron chi connectivity index (χ3n) is 2.90. The van der Waals surface area contributed by atoms with Crippen LogP contribution in [-0.4, -0.2) is 0 Å². The Hall–Kier alpha value is -1.60. The Kier molecular flexibility index (Phi) is 2.26. The Morgan fingerprint density at radius 3 is 2.50 bits per heavy atom. The van der Waals surface area contributed by atoms with Crippen LogP contribution in [0.2, 0.25) is 0 Å². The van der Waals surface area contributed by atoms with E-state index < -0.39 is 0 Å². The van der Waals surface area contributed by atoms with Crippen molar-refractivity contribution in [2.75, 3.05) is 0 Å². The Morgan fingerprint density at radius 1 is 0.875 bits per heavy atom. The zero-order valence-corrected chi connectivity index (χ0v) is 9.92. The van der Waals surface area contributed by atoms with Gasteiger partial charge in [-0.15, -0.1) is 11.3 Å². The third-order valence-corrected chi connectivity index (χ3v) is 3.95. The molecule has 2 aromatic carbocycles. The van der Waals surface area contributed by atoms with E-state index in [1.165, 1.54) is 26.8 Å². The minimum Gasteiger partial charge on any atom is -0.144 e. The molecule has 78 valence electrons. The molecule has 16 heavy (non-hydrogen) atoms. The first-order valence-corrected chi connectivity index (χ1v) is 6.26. The monoisotopic (exact) mass is 224 g/mol. The summed E-state index contributed by atoms with van der Waals surface area (Å²) in [6.45, 7) is 2.17. The van der Waals surface area contributed by atoms with Crippen LogP contribution in [0.4, 0.5) is 0 Å². The number of hydrogen-bond acceptors (Lipinski definition) is 1. The molecule has 0 saturated heterocycles. The molecule has 0 unspecified atom stereocenters. The molecule has 0 aliphatic rings. The van der Waals surface area contributed by atoms with Crippen LogP contribution in [-0.2, 0) is 0 Å². The molecule has 3 aromatic rings. The predicted octanol–water partition coefficient (Wildman–Crippen LogP) is 4.88. The molecule has 0 nitrogen and oxygen atoms in total. The lowest BCUT2D eigenvalue weighted by molar-refractivity contribution is 1.55. The van der Waals surface area contributed by atoms with Gasteiger partial charge in [0.15, 0.2) is 0 Å². The van der Waals surface area contributed by atoms with Gasteiger partial charge in [-0.2, -0.15) is 0 Å². The van der Waals surface area contributed by atoms with Crippen LogP contribution < -0.4 is 0 Å². The van der Waals surface area contributed by atoms with E-state index in [2.05, 4.69) is 60.8 Å². The standard InChI is InChI=1S/C15H12S/c1-11-7-8-13(12-5-3-2-4-6-12)14-9-10-16-15(11)14/h2-10H,1H3. The first-order chi connectivity index (χ1) is 7.86. The summed E-state index contributed by atoms with van der Waals surface area (Å²) in [6, 6.07) is 17.2. The lowest BCUT2D eigenvalue weighted by Gasteiger charge is -2.05. The fourth-order valence-corrected chi connectivity index (χ4v) is 2.97. The van der Waals surface area contributed by atoms with Gasteiger partial charge < -0.3 is 0 Å². The Bertz CT molecular complexity index is 620. The van der Waals surface area contributed by atoms with Gasteiger partial charge in [0.1, 0.15) is 0 Å². The van der Waals surface area contributed by atoms with Gasteiger partial charge in [-0.1, -0.05) is 42.5 Å². The van der Waals surface area contributed by atoms with Crippen LogP contribution >= 0.6 is 11.3 Å². The van der Waals surface area contributed by atoms with Crippen molar-refractivity contribution in [3.05, 3.63) is 59.5 Å². The number of benzene rings is 2. The Labute approximate surface area is 99.2 Å². The van der Waals surface area contributed by atoms with Gasteiger partial charge in [0.2, 0.25) is 0 Å². The molecule has 0 fully saturated rings. The minimum atomic E-state index is 1.30. The van der Waals surface area contributed by atoms with Gasteiger partial charge in [0.25, 0.3) is 0 Å². The largest absolute Gasteiger partial charge is 0.144 e. The van der Waals surface area contributed by atoms with Crippen LogP contribution in [0.15, 0.2) is 53.9 Å². The van der Waals surface area contributed by atoms with E-state index in [1.54, 1.807) is 0 Å². The molecule has 1 heteroatoms. The van der Waals surface area contributed by atoms with Crippen LogP contribution in [0.25, 0.3) is 21.2 Å². The maximum absolute atomic E-state index is 2.22. The fourth-order valence-electron chi connectivity index (χ4n) is 2.07. The average Bonchev–Trinajstić information content (AvgIpc) is 2.81. The SMILES string of the molecule is Cc1ccc(-c2ccccc2)c2ccsc12. The normalized spacial score (nSPS) is 10.8. The molecule has 1 aromatic heterocycles. The topological polar surface area (TPSA) is 0 Å². The van der Waals surface area contributed by atoms with Crippen molar-refractivity contribution < 1.29 is 0 Å². The number of rotatable bonds is 1. The highest BCUT2D eigenvalue weighted by atomic mass is 32.1. The van der Waals surface area contributed by atoms with E-state index in [0.717, 1.165) is 0 Å². The van der Waals surface area contributed by atoms with E-state index in [9.17, 15) is 0 Å². The second-order valence-corrected chi connectivity index (χ2v) is 4.88. The van der Waals surface area contributed by atoms with Crippen LogP contribution in [0.5, 0.6) is 0 Å². The summed E-state index contributed by atoms with van der Waals surface area (Å²) in [5.74, 6) is 0. The molecular weight excluding hydrogens is 212 g/mol. The third kappa shape index (κ3) is 1.44. The lowest BCUT2D eigenvalue weighted by atomic mass is 10.0. The van der Waals surface area contributed by atoms with E-state index in [1.807, 2.05) is 11.3 Å². The van der Waals surface area contributed by atoms with E-state index in [0.29, 0.717) is 0 Å². The first-order valence-electron chi connectivity index (χ1n) is 5.38. The molecule has 0 N–H and O–H groups in total. The van der Waals surface area contributed by atoms with Gasteiger partial charge in [-0.3, -0.25) is 0 Å². The second kappa shape index (κ2) is 3.76. The molecule has 1 heterocycles. The highest BCUT2D eigenvalue weighted by molar-refractivity contribution is 7.17. The van der Waals surface area contributed by atoms with Crippen molar-refractivity contribution in [1.82, 2.24) is 0 Å². The van der Waals surface area contributed by atoms with Crippen LogP contribution in [0.3, 0.4) is 0 Å². The first kappa shape index (κ1) is 9.61. The summed E-state index contributed by atoms with van der Waals surface area (Å²) in [6.07, 6.45) is 0. The van der Waals surface area contributed by atoms with Crippen molar-refractivity contribution in [3.63, 3.8) is 0 Å². The molecule has 0 bridgehead atoms. The molecule has 0 spiro atoms. The van der Waals surface area contributed by atoms with E-state index in [4.69, 9.17) is 0 Å². The molecule has 0 saturated carbocycles. The van der Waals surface area contributed by atoms with Gasteiger partial charge in [0.05, 0.1) is 0 Å². The molecule has 3 rings (SSSR count). The van der Waals surface area contributed by atoms with Gasteiger partial charge in [-0.05, 0) is 35.1 Å². The minimum absolute atomic E-state index is 1.30. The summed E-state index contributed by atoms with van der Waals surface area (Å²) in [4.78, 5) is 0. The number of fused-ring (bicyclic) bond motifs is 1. The summed E-state index contributed by atoms with van der Waals surface area (Å²) >= 11 is 1.82. The Morgan fingerprint density at radius 2 is 1.69 bits per heavy atom. The average molecular weight is 224 g/mol. The number of aryl methyl sites for hydroxylation is 1. The van der Waals surface area contributed by atoms with Gasteiger partial charge >= 0.3 is 0 Å². The Balaban J connectivity index is 2.33. The fraction of sp³-hybridized carbons (Fsp3) is 0.0667. The highest BCUT2D eigenvalue weighted by Crippen LogP contribution is 2.33. The summed E-state index contributed by atoms with van der Waals surface area (Å²) in [5, 5.41) is 3.54. The van der Waals surface area contributed by atoms with Gasteiger partial charge in [-0.25, -0.2) is 0 Å². The number of hydrogen-bond donors (Lipinski definition) is 0. The van der Waals surface area contributed by atoms with E-state index >= 15 is 0 Å². The molecule has 0 amide bonds. The molecule has 0 radical (unpaired) electrons. The molecule has 0 aliphatic heterocycles. The maximum Gasteiger partial charge on any atom is 0.0378 e. The zero-order chi connectivity index (χ0) is 11.0. The lowest BCUT2D eigenvalue weighted by Crippen LogP contribution is -1.80. The van der Waals surface area contributed by atoms with Crippen molar-refractivity contribution >= 4 is 21.4 Å². The smallest absolute Gasteiger partial charge is 0.0378 e. The van der Waals surface area contributed by atoms with Crippen LogP contribution in [0.1, 0.15) is 5.56 Å². The van der Waals surface area contributed by atoms with Gasteiger partial charge in [0, 0.05) is 10.1 Å². The summed E-state index contributed by atoms with van der Waals surface area (Å²) in [7, 11) is 0. The maximum atomic E-state index is 2.22. The summed E-state index contributed by atoms with van der Waals surface area (Å²) in [5.41, 5.74) is 4.00. The van der Waals surface area contributed by atoms with E-state index in [-0.39, 0.29) is 0 Å². The van der Waals surface area contributed by atoms with Crippen molar-refractivity contribution in [2.45, 2.75) is 6.92 Å². The van der Waals surface area contributed by atoms with Crippen molar-refractivity contribution in [3.8, 4) is 11.1 Å². The molecular formula is C15H12S. The van der Waals surface area contributed by atoms with Crippen molar-refractivity contribution in [1.29, 1.82) is 0 Å². The zero-order valence-electron chi connectivity index (χ0n) is 9.10. The number of thiophene rings is 1. The second-order valence-electron chi connectivity index (χ2n) is 3.96. The van der Waals surface area contributed by atoms with Crippen molar-refractivity contribution in [2.24, 2.45) is 0 Å². The highest BCUT2D eigenvalue weighted by Gasteiger charge is 2.05. The molecule has 0 atom stereocenters. The summed E-state index contributed by atoms with van der Waals surface area (Å²) < 4.78 is 1.40. The quantitative estimate of drug-likeness (QED) is 0.553. The molecule has 0 aliphatic carbocycles. The van der Waals surface area contributed by atoms with Crippen LogP contribution in [0, 0.1) is 6.92 Å².